The van der Waals surface area contributed by atoms with Crippen molar-refractivity contribution in [2.75, 3.05) is 0 Å². The van der Waals surface area contributed by atoms with E-state index in [-0.39, 0.29) is 5.82 Å². The second-order valence-electron chi connectivity index (χ2n) is 2.95. The van der Waals surface area contributed by atoms with Crippen molar-refractivity contribution in [1.82, 2.24) is 0 Å². The average Bonchev–Trinajstić information content (AvgIpc) is 2.70. The molecule has 0 radical (unpaired) electrons. The number of benzene rings is 1. The second kappa shape index (κ2) is 4.63. The Bertz CT molecular complexity index is 507. The number of hydrogen-bond acceptors (Lipinski definition) is 3. The van der Waals surface area contributed by atoms with Gasteiger partial charge in [-0.2, -0.15) is 0 Å². The van der Waals surface area contributed by atoms with E-state index in [0.717, 1.165) is 11.3 Å². The normalized spacial score (nSPS) is 10.1. The molecule has 82 valence electrons. The summed E-state index contributed by atoms with van der Waals surface area (Å²) in [6.45, 7) is 0. The zero-order valence-corrected chi connectivity index (χ0v) is 9.52. The first-order valence-corrected chi connectivity index (χ1v) is 5.58. The first-order valence-electron chi connectivity index (χ1n) is 4.38. The van der Waals surface area contributed by atoms with Crippen LogP contribution in [-0.2, 0) is 0 Å². The molecule has 0 spiro atoms. The van der Waals surface area contributed by atoms with Crippen molar-refractivity contribution in [2.45, 2.75) is 0 Å². The molecule has 0 unspecified atom stereocenters. The molecule has 0 saturated carbocycles. The van der Waals surface area contributed by atoms with E-state index < -0.39 is 5.24 Å². The summed E-state index contributed by atoms with van der Waals surface area (Å²) >= 11 is 6.45. The van der Waals surface area contributed by atoms with Crippen LogP contribution in [0.3, 0.4) is 0 Å². The molecule has 16 heavy (non-hydrogen) atoms. The lowest BCUT2D eigenvalue weighted by Gasteiger charge is -2.01. The highest BCUT2D eigenvalue weighted by Gasteiger charge is 2.07. The van der Waals surface area contributed by atoms with Gasteiger partial charge in [-0.1, -0.05) is 11.3 Å². The SMILES string of the molecule is O=C(Cl)c1ccc(Oc2ccc(F)cc2)s1. The molecular weight excluding hydrogens is 251 g/mol. The average molecular weight is 257 g/mol. The van der Waals surface area contributed by atoms with E-state index in [4.69, 9.17) is 16.3 Å². The molecule has 2 aromatic rings. The predicted octanol–water partition coefficient (Wildman–Crippen LogP) is 4.06. The third kappa shape index (κ3) is 2.59. The van der Waals surface area contributed by atoms with Crippen LogP contribution in [0.5, 0.6) is 10.8 Å². The van der Waals surface area contributed by atoms with Crippen LogP contribution in [0.4, 0.5) is 4.39 Å². The minimum atomic E-state index is -0.515. The predicted molar refractivity (Wildman–Crippen MR) is 61.0 cm³/mol. The maximum absolute atomic E-state index is 12.6. The largest absolute Gasteiger partial charge is 0.447 e. The summed E-state index contributed by atoms with van der Waals surface area (Å²) < 4.78 is 18.0. The number of carbonyl (C=O) groups excluding carboxylic acids is 1. The third-order valence-electron chi connectivity index (χ3n) is 1.81. The highest BCUT2D eigenvalue weighted by Crippen LogP contribution is 2.30. The maximum Gasteiger partial charge on any atom is 0.262 e. The van der Waals surface area contributed by atoms with Crippen LogP contribution in [-0.4, -0.2) is 5.24 Å². The van der Waals surface area contributed by atoms with E-state index in [1.165, 1.54) is 24.3 Å². The molecule has 0 atom stereocenters. The summed E-state index contributed by atoms with van der Waals surface area (Å²) in [5.41, 5.74) is 0. The lowest BCUT2D eigenvalue weighted by atomic mass is 10.3. The molecule has 5 heteroatoms. The Morgan fingerprint density at radius 3 is 2.44 bits per heavy atom. The van der Waals surface area contributed by atoms with Gasteiger partial charge in [0.25, 0.3) is 5.24 Å². The lowest BCUT2D eigenvalue weighted by molar-refractivity contribution is 0.108. The Morgan fingerprint density at radius 2 is 1.88 bits per heavy atom. The van der Waals surface area contributed by atoms with Gasteiger partial charge in [0, 0.05) is 0 Å². The van der Waals surface area contributed by atoms with Gasteiger partial charge < -0.3 is 4.74 Å². The minimum Gasteiger partial charge on any atom is -0.447 e. The van der Waals surface area contributed by atoms with Gasteiger partial charge in [-0.3, -0.25) is 4.79 Å². The summed E-state index contributed by atoms with van der Waals surface area (Å²) in [4.78, 5) is 11.2. The summed E-state index contributed by atoms with van der Waals surface area (Å²) in [5.74, 6) is 0.187. The van der Waals surface area contributed by atoms with Crippen molar-refractivity contribution in [3.63, 3.8) is 0 Å². The quantitative estimate of drug-likeness (QED) is 0.774. The van der Waals surface area contributed by atoms with Crippen LogP contribution >= 0.6 is 22.9 Å². The van der Waals surface area contributed by atoms with E-state index in [0.29, 0.717) is 15.7 Å². The van der Waals surface area contributed by atoms with E-state index >= 15 is 0 Å². The highest BCUT2D eigenvalue weighted by atomic mass is 35.5. The van der Waals surface area contributed by atoms with Gasteiger partial charge in [-0.15, -0.1) is 0 Å². The first-order chi connectivity index (χ1) is 7.65. The van der Waals surface area contributed by atoms with Crippen LogP contribution in [0.15, 0.2) is 36.4 Å². The van der Waals surface area contributed by atoms with Gasteiger partial charge in [-0.05, 0) is 48.0 Å². The molecule has 1 aromatic carbocycles. The van der Waals surface area contributed by atoms with Crippen LogP contribution in [0.1, 0.15) is 9.67 Å². The molecule has 0 N–H and O–H groups in total. The summed E-state index contributed by atoms with van der Waals surface area (Å²) in [7, 11) is 0. The number of rotatable bonds is 3. The number of hydrogen-bond donors (Lipinski definition) is 0. The lowest BCUT2D eigenvalue weighted by Crippen LogP contribution is -1.81. The fourth-order valence-electron chi connectivity index (χ4n) is 1.10. The van der Waals surface area contributed by atoms with E-state index in [1.807, 2.05) is 0 Å². The van der Waals surface area contributed by atoms with Crippen molar-refractivity contribution in [3.05, 3.63) is 47.1 Å². The molecule has 2 nitrogen and oxygen atoms in total. The Kier molecular flexibility index (Phi) is 3.22. The van der Waals surface area contributed by atoms with E-state index in [9.17, 15) is 9.18 Å². The van der Waals surface area contributed by atoms with Crippen LogP contribution < -0.4 is 4.74 Å². The number of thiophene rings is 1. The molecule has 1 heterocycles. The molecule has 0 fully saturated rings. The standard InChI is InChI=1S/C11H6ClFO2S/c12-11(14)9-5-6-10(16-9)15-8-3-1-7(13)2-4-8/h1-6H. The Labute approximate surface area is 100 Å². The van der Waals surface area contributed by atoms with Gasteiger partial charge >= 0.3 is 0 Å². The molecule has 0 saturated heterocycles. The van der Waals surface area contributed by atoms with Gasteiger partial charge in [0.2, 0.25) is 0 Å². The summed E-state index contributed by atoms with van der Waals surface area (Å²) in [6, 6.07) is 8.85. The number of halogens is 2. The van der Waals surface area contributed by atoms with Crippen molar-refractivity contribution < 1.29 is 13.9 Å². The van der Waals surface area contributed by atoms with Gasteiger partial charge in [-0.25, -0.2) is 4.39 Å². The molecule has 0 bridgehead atoms. The van der Waals surface area contributed by atoms with Crippen molar-refractivity contribution in [1.29, 1.82) is 0 Å². The summed E-state index contributed by atoms with van der Waals surface area (Å²) in [5, 5.41) is 0.0227. The number of ether oxygens (including phenoxy) is 1. The van der Waals surface area contributed by atoms with Crippen LogP contribution in [0.2, 0.25) is 0 Å². The Balaban J connectivity index is 2.14. The summed E-state index contributed by atoms with van der Waals surface area (Å²) in [6.07, 6.45) is 0. The van der Waals surface area contributed by atoms with Crippen LogP contribution in [0.25, 0.3) is 0 Å². The smallest absolute Gasteiger partial charge is 0.262 e. The fraction of sp³-hybridized carbons (Fsp3) is 0. The van der Waals surface area contributed by atoms with Crippen LogP contribution in [0, 0.1) is 5.82 Å². The van der Waals surface area contributed by atoms with E-state index in [1.54, 1.807) is 12.1 Å². The molecule has 0 aliphatic rings. The molecule has 0 aliphatic carbocycles. The highest BCUT2D eigenvalue weighted by molar-refractivity contribution is 7.17. The van der Waals surface area contributed by atoms with Crippen molar-refractivity contribution in [2.24, 2.45) is 0 Å². The maximum atomic E-state index is 12.6. The zero-order valence-electron chi connectivity index (χ0n) is 7.94. The van der Waals surface area contributed by atoms with Gasteiger partial charge in [0.05, 0.1) is 4.88 Å². The molecule has 1 aromatic heterocycles. The van der Waals surface area contributed by atoms with Gasteiger partial charge in [0.15, 0.2) is 5.06 Å². The fourth-order valence-corrected chi connectivity index (χ4v) is 1.99. The second-order valence-corrected chi connectivity index (χ2v) is 4.34. The molecule has 0 amide bonds. The molecule has 2 rings (SSSR count). The molecular formula is C11H6ClFO2S. The minimum absolute atomic E-state index is 0.324. The Hall–Kier alpha value is -1.39. The van der Waals surface area contributed by atoms with Crippen molar-refractivity contribution >= 4 is 28.2 Å². The zero-order chi connectivity index (χ0) is 11.5. The monoisotopic (exact) mass is 256 g/mol. The van der Waals surface area contributed by atoms with Gasteiger partial charge in [0.1, 0.15) is 11.6 Å². The molecule has 0 aliphatic heterocycles. The first kappa shape index (κ1) is 11.1. The van der Waals surface area contributed by atoms with E-state index in [2.05, 4.69) is 0 Å². The number of carbonyl (C=O) groups is 1. The van der Waals surface area contributed by atoms with Crippen molar-refractivity contribution in [3.8, 4) is 10.8 Å². The third-order valence-corrected chi connectivity index (χ3v) is 3.08. The Morgan fingerprint density at radius 1 is 1.19 bits per heavy atom. The topological polar surface area (TPSA) is 26.3 Å².